The summed E-state index contributed by atoms with van der Waals surface area (Å²) in [5.41, 5.74) is 0.727. The molecule has 0 fully saturated rings. The minimum absolute atomic E-state index is 0.00435. The molecule has 0 heterocycles. The van der Waals surface area contributed by atoms with Gasteiger partial charge in [-0.1, -0.05) is 6.07 Å². The molecule has 0 spiro atoms. The largest absolute Gasteiger partial charge is 0.295 e. The zero-order valence-electron chi connectivity index (χ0n) is 8.25. The van der Waals surface area contributed by atoms with Crippen LogP contribution in [-0.2, 0) is 16.5 Å². The van der Waals surface area contributed by atoms with Gasteiger partial charge in [-0.15, -0.1) is 0 Å². The van der Waals surface area contributed by atoms with Crippen LogP contribution in [0.2, 0.25) is 0 Å². The monoisotopic (exact) mass is 314 g/mol. The lowest BCUT2D eigenvalue weighted by Gasteiger charge is -2.10. The third-order valence-corrected chi connectivity index (χ3v) is 4.14. The van der Waals surface area contributed by atoms with Gasteiger partial charge in [-0.05, 0) is 40.0 Å². The maximum Gasteiger partial charge on any atom is 0.295 e. The fourth-order valence-electron chi connectivity index (χ4n) is 1.30. The summed E-state index contributed by atoms with van der Waals surface area (Å²) < 4.78 is 55.3. The second-order valence-corrected chi connectivity index (χ2v) is 5.43. The Bertz CT molecular complexity index is 500. The highest BCUT2D eigenvalue weighted by Crippen LogP contribution is 2.29. The van der Waals surface area contributed by atoms with E-state index in [9.17, 15) is 17.2 Å². The summed E-state index contributed by atoms with van der Waals surface area (Å²) in [6.07, 6.45) is -3.14. The molecular weight excluding hydrogens is 306 g/mol. The molecule has 16 heavy (non-hydrogen) atoms. The zero-order chi connectivity index (χ0) is 12.5. The number of rotatable bonds is 3. The van der Waals surface area contributed by atoms with Crippen molar-refractivity contribution < 1.29 is 21.8 Å². The van der Waals surface area contributed by atoms with Crippen LogP contribution in [0.4, 0.5) is 8.78 Å². The third-order valence-electron chi connectivity index (χ3n) is 2.08. The van der Waals surface area contributed by atoms with Gasteiger partial charge in [0.2, 0.25) is 6.43 Å². The van der Waals surface area contributed by atoms with Gasteiger partial charge < -0.3 is 0 Å². The van der Waals surface area contributed by atoms with Crippen LogP contribution in [0.5, 0.6) is 0 Å². The van der Waals surface area contributed by atoms with Crippen molar-refractivity contribution in [3.05, 3.63) is 27.7 Å². The summed E-state index contributed by atoms with van der Waals surface area (Å²) in [5, 5.41) is 0. The quantitative estimate of drug-likeness (QED) is 0.873. The predicted octanol–water partition coefficient (Wildman–Crippen LogP) is 2.81. The highest BCUT2D eigenvalue weighted by atomic mass is 79.9. The number of halogens is 3. The van der Waals surface area contributed by atoms with E-state index in [-0.39, 0.29) is 10.0 Å². The van der Waals surface area contributed by atoms with E-state index in [0.29, 0.717) is 5.56 Å². The highest BCUT2D eigenvalue weighted by Gasteiger charge is 2.20. The van der Waals surface area contributed by atoms with E-state index in [1.54, 1.807) is 6.92 Å². The molecule has 0 aromatic heterocycles. The van der Waals surface area contributed by atoms with E-state index in [2.05, 4.69) is 15.9 Å². The van der Waals surface area contributed by atoms with Gasteiger partial charge in [0.25, 0.3) is 10.1 Å². The van der Waals surface area contributed by atoms with Crippen LogP contribution >= 0.6 is 15.9 Å². The third kappa shape index (κ3) is 2.99. The predicted molar refractivity (Wildman–Crippen MR) is 58.4 cm³/mol. The average Bonchev–Trinajstić information content (AvgIpc) is 2.09. The number of hydrogen-bond donors (Lipinski definition) is 1. The number of hydrogen-bond acceptors (Lipinski definition) is 2. The fraction of sp³-hybridized carbons (Fsp3) is 0.333. The molecule has 0 unspecified atom stereocenters. The summed E-state index contributed by atoms with van der Waals surface area (Å²) in [5.74, 6) is 0. The lowest BCUT2D eigenvalue weighted by molar-refractivity contribution is 0.148. The first-order chi connectivity index (χ1) is 7.23. The van der Waals surface area contributed by atoms with Crippen LogP contribution in [-0.4, -0.2) is 19.4 Å². The lowest BCUT2D eigenvalue weighted by atomic mass is 10.1. The molecule has 7 heteroatoms. The van der Waals surface area contributed by atoms with Crippen molar-refractivity contribution in [2.24, 2.45) is 0 Å². The van der Waals surface area contributed by atoms with Gasteiger partial charge in [0.05, 0.1) is 0 Å². The van der Waals surface area contributed by atoms with E-state index in [4.69, 9.17) is 4.55 Å². The Hall–Kier alpha value is -0.530. The van der Waals surface area contributed by atoms with Gasteiger partial charge in [0, 0.05) is 10.9 Å². The zero-order valence-corrected chi connectivity index (χ0v) is 10.6. The van der Waals surface area contributed by atoms with Crippen LogP contribution in [0.1, 0.15) is 11.1 Å². The van der Waals surface area contributed by atoms with Crippen molar-refractivity contribution in [1.29, 1.82) is 0 Å². The fourth-order valence-corrected chi connectivity index (χ4v) is 3.11. The van der Waals surface area contributed by atoms with Crippen molar-refractivity contribution in [2.75, 3.05) is 0 Å². The number of alkyl halides is 2. The van der Waals surface area contributed by atoms with E-state index in [0.717, 1.165) is 0 Å². The van der Waals surface area contributed by atoms with Crippen molar-refractivity contribution in [2.45, 2.75) is 24.7 Å². The van der Waals surface area contributed by atoms with Gasteiger partial charge in [-0.2, -0.15) is 8.42 Å². The normalized spacial score (nSPS) is 12.1. The summed E-state index contributed by atoms with van der Waals surface area (Å²) in [6.45, 7) is 1.59. The van der Waals surface area contributed by atoms with Crippen molar-refractivity contribution in [1.82, 2.24) is 0 Å². The van der Waals surface area contributed by atoms with Gasteiger partial charge in [0.1, 0.15) is 4.90 Å². The van der Waals surface area contributed by atoms with Crippen molar-refractivity contribution in [3.8, 4) is 0 Å². The SMILES string of the molecule is Cc1ccc(S(=O)(=O)O)c(Br)c1CC(F)F. The molecule has 0 radical (unpaired) electrons. The molecule has 0 aliphatic carbocycles. The summed E-state index contributed by atoms with van der Waals surface area (Å²) in [4.78, 5) is -0.395. The molecule has 1 rings (SSSR count). The molecule has 1 N–H and O–H groups in total. The molecule has 0 aliphatic rings. The Balaban J connectivity index is 3.39. The molecular formula is C9H9BrF2O3S. The second kappa shape index (κ2) is 4.77. The molecule has 1 aromatic carbocycles. The molecule has 0 amide bonds. The molecule has 0 saturated carbocycles. The molecule has 1 aromatic rings. The minimum Gasteiger partial charge on any atom is -0.282 e. The maximum atomic E-state index is 12.3. The molecule has 3 nitrogen and oxygen atoms in total. The lowest BCUT2D eigenvalue weighted by Crippen LogP contribution is -2.06. The number of aryl methyl sites for hydroxylation is 1. The van der Waals surface area contributed by atoms with Gasteiger partial charge >= 0.3 is 0 Å². The summed E-state index contributed by atoms with van der Waals surface area (Å²) >= 11 is 2.92. The van der Waals surface area contributed by atoms with E-state index in [1.165, 1.54) is 12.1 Å². The Morgan fingerprint density at radius 3 is 2.44 bits per heavy atom. The van der Waals surface area contributed by atoms with Gasteiger partial charge in [0.15, 0.2) is 0 Å². The summed E-state index contributed by atoms with van der Waals surface area (Å²) in [6, 6.07) is 2.55. The molecule has 0 bridgehead atoms. The van der Waals surface area contributed by atoms with Crippen LogP contribution in [0.3, 0.4) is 0 Å². The first kappa shape index (κ1) is 13.5. The Morgan fingerprint density at radius 2 is 2.00 bits per heavy atom. The van der Waals surface area contributed by atoms with Crippen LogP contribution in [0.15, 0.2) is 21.5 Å². The Labute approximate surface area is 100 Å². The Morgan fingerprint density at radius 1 is 1.44 bits per heavy atom. The van der Waals surface area contributed by atoms with Crippen LogP contribution in [0, 0.1) is 6.92 Å². The molecule has 0 atom stereocenters. The molecule has 90 valence electrons. The van der Waals surface area contributed by atoms with Gasteiger partial charge in [-0.3, -0.25) is 4.55 Å². The number of benzene rings is 1. The van der Waals surface area contributed by atoms with Gasteiger partial charge in [-0.25, -0.2) is 8.78 Å². The summed E-state index contributed by atoms with van der Waals surface area (Å²) in [7, 11) is -4.40. The second-order valence-electron chi connectivity index (χ2n) is 3.24. The van der Waals surface area contributed by atoms with Crippen molar-refractivity contribution in [3.63, 3.8) is 0 Å². The van der Waals surface area contributed by atoms with Crippen molar-refractivity contribution >= 4 is 26.0 Å². The topological polar surface area (TPSA) is 54.4 Å². The first-order valence-electron chi connectivity index (χ1n) is 4.27. The first-order valence-corrected chi connectivity index (χ1v) is 6.50. The Kier molecular flexibility index (Phi) is 4.03. The van der Waals surface area contributed by atoms with Crippen LogP contribution < -0.4 is 0 Å². The van der Waals surface area contributed by atoms with Crippen LogP contribution in [0.25, 0.3) is 0 Å². The standard InChI is InChI=1S/C9H9BrF2O3S/c1-5-2-3-7(16(13,14)15)9(10)6(5)4-8(11)12/h2-3,8H,4H2,1H3,(H,13,14,15). The van der Waals surface area contributed by atoms with E-state index in [1.807, 2.05) is 0 Å². The maximum absolute atomic E-state index is 12.3. The molecule has 0 aliphatic heterocycles. The average molecular weight is 315 g/mol. The molecule has 0 saturated heterocycles. The minimum atomic E-state index is -4.40. The highest BCUT2D eigenvalue weighted by molar-refractivity contribution is 9.10. The van der Waals surface area contributed by atoms with E-state index < -0.39 is 27.9 Å². The smallest absolute Gasteiger partial charge is 0.282 e. The van der Waals surface area contributed by atoms with E-state index >= 15 is 0 Å².